The molecule has 2 N–H and O–H groups in total. The van der Waals surface area contributed by atoms with Gasteiger partial charge in [-0.05, 0) is 61.5 Å². The molecule has 1 atom stereocenters. The fourth-order valence-electron chi connectivity index (χ4n) is 2.97. The fourth-order valence-corrected chi connectivity index (χ4v) is 4.17. The van der Waals surface area contributed by atoms with E-state index in [4.69, 9.17) is 9.47 Å². The summed E-state index contributed by atoms with van der Waals surface area (Å²) in [6.45, 7) is 1.74. The molecule has 9 heteroatoms. The van der Waals surface area contributed by atoms with Gasteiger partial charge in [0, 0.05) is 15.1 Å². The van der Waals surface area contributed by atoms with E-state index in [2.05, 4.69) is 26.6 Å². The summed E-state index contributed by atoms with van der Waals surface area (Å²) in [6, 6.07) is 16.6. The Kier molecular flexibility index (Phi) is 8.35. The summed E-state index contributed by atoms with van der Waals surface area (Å²) in [7, 11) is 2.97. The maximum Gasteiger partial charge on any atom is 0.263 e. The van der Waals surface area contributed by atoms with Gasteiger partial charge in [0.15, 0.2) is 0 Å². The number of thioether (sulfide) groups is 1. The minimum atomic E-state index is -0.512. The molecule has 0 saturated heterocycles. The monoisotopic (exact) mass is 532 g/mol. The molecule has 0 aromatic heterocycles. The number of nitrogens with one attached hydrogen (secondary N) is 2. The molecule has 0 aliphatic carbocycles. The van der Waals surface area contributed by atoms with Crippen LogP contribution in [0, 0.1) is 5.82 Å². The number of anilines is 2. The normalized spacial score (nSPS) is 11.4. The first-order valence-electron chi connectivity index (χ1n) is 9.87. The number of rotatable bonds is 8. The van der Waals surface area contributed by atoms with Crippen LogP contribution in [-0.2, 0) is 4.79 Å². The standard InChI is InChI=1S/C24H22BrFN2O4S/c1-14(23(29)28-19-12-7-15(25)13-18(19)26)33-17-10-8-16(9-11-17)27-24(30)22-20(31-2)5-4-6-21(22)32-3/h4-14H,1-3H3,(H,27,30)(H,28,29). The predicted octanol–water partition coefficient (Wildman–Crippen LogP) is 5.98. The highest BCUT2D eigenvalue weighted by molar-refractivity contribution is 9.10. The summed E-state index contributed by atoms with van der Waals surface area (Å²) in [6.07, 6.45) is 0. The lowest BCUT2D eigenvalue weighted by Crippen LogP contribution is -2.22. The van der Waals surface area contributed by atoms with E-state index >= 15 is 0 Å². The Bertz CT molecular complexity index is 1140. The van der Waals surface area contributed by atoms with Crippen molar-refractivity contribution in [2.45, 2.75) is 17.1 Å². The van der Waals surface area contributed by atoms with E-state index in [-0.39, 0.29) is 17.5 Å². The molecule has 3 aromatic carbocycles. The third-order valence-electron chi connectivity index (χ3n) is 4.64. The number of methoxy groups -OCH3 is 2. The number of hydrogen-bond acceptors (Lipinski definition) is 5. The van der Waals surface area contributed by atoms with Crippen molar-refractivity contribution >= 4 is 50.9 Å². The van der Waals surface area contributed by atoms with E-state index in [1.807, 2.05) is 0 Å². The topological polar surface area (TPSA) is 76.7 Å². The number of halogens is 2. The van der Waals surface area contributed by atoms with E-state index in [1.54, 1.807) is 55.5 Å². The smallest absolute Gasteiger partial charge is 0.263 e. The Morgan fingerprint density at radius 3 is 2.18 bits per heavy atom. The first kappa shape index (κ1) is 24.6. The Morgan fingerprint density at radius 1 is 0.970 bits per heavy atom. The molecule has 0 heterocycles. The van der Waals surface area contributed by atoms with Crippen LogP contribution < -0.4 is 20.1 Å². The van der Waals surface area contributed by atoms with E-state index in [0.29, 0.717) is 27.2 Å². The van der Waals surface area contributed by atoms with Gasteiger partial charge in [-0.15, -0.1) is 11.8 Å². The summed E-state index contributed by atoms with van der Waals surface area (Å²) < 4.78 is 25.1. The Labute approximate surface area is 204 Å². The number of hydrogen-bond donors (Lipinski definition) is 2. The van der Waals surface area contributed by atoms with Crippen LogP contribution in [0.3, 0.4) is 0 Å². The summed E-state index contributed by atoms with van der Waals surface area (Å²) in [5, 5.41) is 4.95. The molecule has 6 nitrogen and oxygen atoms in total. The molecule has 0 bridgehead atoms. The quantitative estimate of drug-likeness (QED) is 0.349. The first-order chi connectivity index (χ1) is 15.8. The van der Waals surface area contributed by atoms with Crippen molar-refractivity contribution in [3.05, 3.63) is 76.5 Å². The fraction of sp³-hybridized carbons (Fsp3) is 0.167. The SMILES string of the molecule is COc1cccc(OC)c1C(=O)Nc1ccc(SC(C)C(=O)Nc2ccc(Br)cc2F)cc1. The van der Waals surface area contributed by atoms with Gasteiger partial charge in [-0.2, -0.15) is 0 Å². The van der Waals surface area contributed by atoms with Crippen molar-refractivity contribution in [2.24, 2.45) is 0 Å². The Balaban J connectivity index is 1.63. The lowest BCUT2D eigenvalue weighted by atomic mass is 10.1. The van der Waals surface area contributed by atoms with Crippen LogP contribution in [0.15, 0.2) is 70.0 Å². The zero-order valence-corrected chi connectivity index (χ0v) is 20.6. The van der Waals surface area contributed by atoms with Crippen LogP contribution in [0.2, 0.25) is 0 Å². The molecule has 3 aromatic rings. The third-order valence-corrected chi connectivity index (χ3v) is 6.24. The second kappa shape index (κ2) is 11.2. The Morgan fingerprint density at radius 2 is 1.61 bits per heavy atom. The van der Waals surface area contributed by atoms with Crippen molar-refractivity contribution in [2.75, 3.05) is 24.9 Å². The molecule has 3 rings (SSSR count). The summed E-state index contributed by atoms with van der Waals surface area (Å²) in [5.74, 6) is -0.389. The van der Waals surface area contributed by atoms with Crippen LogP contribution in [-0.4, -0.2) is 31.3 Å². The molecule has 0 aliphatic heterocycles. The highest BCUT2D eigenvalue weighted by atomic mass is 79.9. The van der Waals surface area contributed by atoms with Crippen molar-refractivity contribution in [3.8, 4) is 11.5 Å². The van der Waals surface area contributed by atoms with Crippen molar-refractivity contribution in [1.82, 2.24) is 0 Å². The maximum absolute atomic E-state index is 14.0. The molecular weight excluding hydrogens is 511 g/mol. The predicted molar refractivity (Wildman–Crippen MR) is 132 cm³/mol. The van der Waals surface area contributed by atoms with Gasteiger partial charge in [0.25, 0.3) is 5.91 Å². The maximum atomic E-state index is 14.0. The van der Waals surface area contributed by atoms with Crippen molar-refractivity contribution < 1.29 is 23.5 Å². The van der Waals surface area contributed by atoms with Gasteiger partial charge >= 0.3 is 0 Å². The van der Waals surface area contributed by atoms with Crippen LogP contribution in [0.4, 0.5) is 15.8 Å². The largest absolute Gasteiger partial charge is 0.496 e. The number of carbonyl (C=O) groups is 2. The molecule has 0 radical (unpaired) electrons. The summed E-state index contributed by atoms with van der Waals surface area (Å²) in [4.78, 5) is 26.1. The molecule has 0 spiro atoms. The van der Waals surface area contributed by atoms with Gasteiger partial charge in [0.2, 0.25) is 5.91 Å². The van der Waals surface area contributed by atoms with Crippen LogP contribution >= 0.6 is 27.7 Å². The van der Waals surface area contributed by atoms with E-state index in [9.17, 15) is 14.0 Å². The lowest BCUT2D eigenvalue weighted by Gasteiger charge is -2.14. The van der Waals surface area contributed by atoms with Crippen molar-refractivity contribution in [1.29, 1.82) is 0 Å². The molecule has 172 valence electrons. The highest BCUT2D eigenvalue weighted by Gasteiger charge is 2.19. The average molecular weight is 533 g/mol. The van der Waals surface area contributed by atoms with Gasteiger partial charge < -0.3 is 20.1 Å². The lowest BCUT2D eigenvalue weighted by molar-refractivity contribution is -0.115. The zero-order chi connectivity index (χ0) is 24.0. The van der Waals surface area contributed by atoms with E-state index < -0.39 is 11.1 Å². The third kappa shape index (κ3) is 6.27. The number of amides is 2. The number of ether oxygens (including phenoxy) is 2. The minimum absolute atomic E-state index is 0.125. The average Bonchev–Trinajstić information content (AvgIpc) is 2.81. The molecule has 2 amide bonds. The van der Waals surface area contributed by atoms with E-state index in [0.717, 1.165) is 4.90 Å². The number of benzene rings is 3. The molecular formula is C24H22BrFN2O4S. The first-order valence-corrected chi connectivity index (χ1v) is 11.5. The Hall–Kier alpha value is -3.04. The van der Waals surface area contributed by atoms with Gasteiger partial charge in [0.05, 0.1) is 25.2 Å². The highest BCUT2D eigenvalue weighted by Crippen LogP contribution is 2.30. The van der Waals surface area contributed by atoms with Gasteiger partial charge in [-0.1, -0.05) is 22.0 Å². The summed E-state index contributed by atoms with van der Waals surface area (Å²) in [5.41, 5.74) is 0.998. The van der Waals surface area contributed by atoms with Gasteiger partial charge in [-0.25, -0.2) is 4.39 Å². The molecule has 1 unspecified atom stereocenters. The molecule has 0 saturated carbocycles. The van der Waals surface area contributed by atoms with Gasteiger partial charge in [-0.3, -0.25) is 9.59 Å². The van der Waals surface area contributed by atoms with E-state index in [1.165, 1.54) is 38.1 Å². The molecule has 0 fully saturated rings. The van der Waals surface area contributed by atoms with Gasteiger partial charge in [0.1, 0.15) is 22.9 Å². The van der Waals surface area contributed by atoms with Crippen molar-refractivity contribution in [3.63, 3.8) is 0 Å². The van der Waals surface area contributed by atoms with Crippen LogP contribution in [0.25, 0.3) is 0 Å². The summed E-state index contributed by atoms with van der Waals surface area (Å²) >= 11 is 4.51. The second-order valence-electron chi connectivity index (χ2n) is 6.89. The second-order valence-corrected chi connectivity index (χ2v) is 9.22. The van der Waals surface area contributed by atoms with Crippen LogP contribution in [0.1, 0.15) is 17.3 Å². The minimum Gasteiger partial charge on any atom is -0.496 e. The molecule has 33 heavy (non-hydrogen) atoms. The number of carbonyl (C=O) groups excluding carboxylic acids is 2. The zero-order valence-electron chi connectivity index (χ0n) is 18.1. The molecule has 0 aliphatic rings. The van der Waals surface area contributed by atoms with Crippen LogP contribution in [0.5, 0.6) is 11.5 Å².